The number of amides is 3. The fourth-order valence-electron chi connectivity index (χ4n) is 2.36. The molecule has 2 aromatic carbocycles. The fraction of sp³-hybridized carbons (Fsp3) is 0.286. The third-order valence-electron chi connectivity index (χ3n) is 4.21. The molecule has 0 spiro atoms. The predicted octanol–water partition coefficient (Wildman–Crippen LogP) is 3.32. The molecule has 154 valence electrons. The Bertz CT molecular complexity index is 915. The van der Waals surface area contributed by atoms with Crippen molar-refractivity contribution in [2.75, 3.05) is 11.9 Å². The SMILES string of the molecule is Cc1ccc(NC(=O)CCC(=O)NNC(=O)COc2ccc(Br)c(C)c2)cc1C. The maximum Gasteiger partial charge on any atom is 0.276 e. The molecule has 0 aliphatic carbocycles. The van der Waals surface area contributed by atoms with Crippen LogP contribution in [0.3, 0.4) is 0 Å². The Morgan fingerprint density at radius 1 is 0.828 bits per heavy atom. The minimum Gasteiger partial charge on any atom is -0.484 e. The topological polar surface area (TPSA) is 96.5 Å². The van der Waals surface area contributed by atoms with Gasteiger partial charge in [0, 0.05) is 23.0 Å². The van der Waals surface area contributed by atoms with Gasteiger partial charge in [0.05, 0.1) is 0 Å². The summed E-state index contributed by atoms with van der Waals surface area (Å²) in [5.74, 6) is -0.689. The van der Waals surface area contributed by atoms with Crippen molar-refractivity contribution < 1.29 is 19.1 Å². The summed E-state index contributed by atoms with van der Waals surface area (Å²) in [4.78, 5) is 35.5. The summed E-state index contributed by atoms with van der Waals surface area (Å²) in [5.41, 5.74) is 8.41. The predicted molar refractivity (Wildman–Crippen MR) is 114 cm³/mol. The van der Waals surface area contributed by atoms with Crippen molar-refractivity contribution in [2.45, 2.75) is 33.6 Å². The number of benzene rings is 2. The summed E-state index contributed by atoms with van der Waals surface area (Å²) in [6, 6.07) is 11.0. The third-order valence-corrected chi connectivity index (χ3v) is 5.10. The van der Waals surface area contributed by atoms with Gasteiger partial charge in [-0.2, -0.15) is 0 Å². The lowest BCUT2D eigenvalue weighted by Crippen LogP contribution is -2.44. The van der Waals surface area contributed by atoms with Crippen LogP contribution in [-0.4, -0.2) is 24.3 Å². The number of rotatable bonds is 7. The molecular weight excluding hydrogens is 438 g/mol. The van der Waals surface area contributed by atoms with Gasteiger partial charge in [-0.3, -0.25) is 25.2 Å². The Hall–Kier alpha value is -2.87. The molecule has 0 aliphatic rings. The van der Waals surface area contributed by atoms with Crippen LogP contribution in [0.4, 0.5) is 5.69 Å². The largest absolute Gasteiger partial charge is 0.484 e. The number of aryl methyl sites for hydroxylation is 3. The number of anilines is 1. The number of nitrogens with one attached hydrogen (secondary N) is 3. The normalized spacial score (nSPS) is 10.2. The highest BCUT2D eigenvalue weighted by atomic mass is 79.9. The van der Waals surface area contributed by atoms with Gasteiger partial charge in [0.1, 0.15) is 5.75 Å². The Kier molecular flexibility index (Phi) is 8.21. The van der Waals surface area contributed by atoms with E-state index in [1.54, 1.807) is 12.1 Å². The molecule has 8 heteroatoms. The second-order valence-corrected chi connectivity index (χ2v) is 7.50. The zero-order chi connectivity index (χ0) is 21.4. The van der Waals surface area contributed by atoms with E-state index < -0.39 is 11.8 Å². The zero-order valence-electron chi connectivity index (χ0n) is 16.6. The second kappa shape index (κ2) is 10.6. The quantitative estimate of drug-likeness (QED) is 0.550. The Balaban J connectivity index is 1.66. The smallest absolute Gasteiger partial charge is 0.276 e. The molecular formula is C21H24BrN3O4. The molecule has 0 radical (unpaired) electrons. The van der Waals surface area contributed by atoms with Crippen LogP contribution in [0, 0.1) is 20.8 Å². The Labute approximate surface area is 178 Å². The summed E-state index contributed by atoms with van der Waals surface area (Å²) in [6.45, 7) is 5.62. The van der Waals surface area contributed by atoms with Gasteiger partial charge < -0.3 is 10.1 Å². The summed E-state index contributed by atoms with van der Waals surface area (Å²) in [5, 5.41) is 2.75. The number of hydrogen-bond donors (Lipinski definition) is 3. The van der Waals surface area contributed by atoms with Crippen LogP contribution in [0.15, 0.2) is 40.9 Å². The van der Waals surface area contributed by atoms with Crippen LogP contribution in [0.2, 0.25) is 0 Å². The molecule has 0 saturated carbocycles. The van der Waals surface area contributed by atoms with E-state index in [1.807, 2.05) is 45.0 Å². The van der Waals surface area contributed by atoms with E-state index in [0.717, 1.165) is 21.2 Å². The van der Waals surface area contributed by atoms with E-state index in [1.165, 1.54) is 0 Å². The van der Waals surface area contributed by atoms with Crippen LogP contribution in [0.1, 0.15) is 29.5 Å². The molecule has 0 aromatic heterocycles. The highest BCUT2D eigenvalue weighted by Crippen LogP contribution is 2.21. The van der Waals surface area contributed by atoms with E-state index in [0.29, 0.717) is 11.4 Å². The van der Waals surface area contributed by atoms with E-state index in [2.05, 4.69) is 32.1 Å². The van der Waals surface area contributed by atoms with Gasteiger partial charge in [-0.1, -0.05) is 22.0 Å². The summed E-state index contributed by atoms with van der Waals surface area (Å²) in [6.07, 6.45) is -0.0486. The average Bonchev–Trinajstić information content (AvgIpc) is 2.68. The summed E-state index contributed by atoms with van der Waals surface area (Å²) >= 11 is 3.39. The molecule has 0 saturated heterocycles. The van der Waals surface area contributed by atoms with Crippen LogP contribution in [-0.2, 0) is 14.4 Å². The molecule has 0 unspecified atom stereocenters. The van der Waals surface area contributed by atoms with Gasteiger partial charge in [-0.25, -0.2) is 0 Å². The summed E-state index contributed by atoms with van der Waals surface area (Å²) in [7, 11) is 0. The van der Waals surface area contributed by atoms with Crippen LogP contribution < -0.4 is 20.9 Å². The molecule has 7 nitrogen and oxygen atoms in total. The molecule has 29 heavy (non-hydrogen) atoms. The Morgan fingerprint density at radius 3 is 2.21 bits per heavy atom. The van der Waals surface area contributed by atoms with Crippen molar-refractivity contribution in [1.29, 1.82) is 0 Å². The number of carbonyl (C=O) groups is 3. The maximum atomic E-state index is 12.0. The van der Waals surface area contributed by atoms with Gasteiger partial charge >= 0.3 is 0 Å². The first-order valence-corrected chi connectivity index (χ1v) is 9.87. The first kappa shape index (κ1) is 22.4. The molecule has 3 N–H and O–H groups in total. The van der Waals surface area contributed by atoms with Crippen molar-refractivity contribution in [3.05, 3.63) is 57.6 Å². The standard InChI is InChI=1S/C21H24BrN3O4/c1-13-4-5-16(10-14(13)2)23-19(26)8-9-20(27)24-25-21(28)12-29-17-6-7-18(22)15(3)11-17/h4-7,10-11H,8-9,12H2,1-3H3,(H,23,26)(H,24,27)(H,25,28). The maximum absolute atomic E-state index is 12.0. The summed E-state index contributed by atoms with van der Waals surface area (Å²) < 4.78 is 6.32. The van der Waals surface area contributed by atoms with Crippen molar-refractivity contribution in [2.24, 2.45) is 0 Å². The van der Waals surface area contributed by atoms with E-state index in [-0.39, 0.29) is 25.4 Å². The van der Waals surface area contributed by atoms with Gasteiger partial charge in [0.15, 0.2) is 6.61 Å². The van der Waals surface area contributed by atoms with E-state index in [4.69, 9.17) is 4.74 Å². The lowest BCUT2D eigenvalue weighted by atomic mass is 10.1. The molecule has 3 amide bonds. The van der Waals surface area contributed by atoms with Crippen LogP contribution >= 0.6 is 15.9 Å². The number of hydrogen-bond acceptors (Lipinski definition) is 4. The average molecular weight is 462 g/mol. The first-order chi connectivity index (χ1) is 13.7. The monoisotopic (exact) mass is 461 g/mol. The van der Waals surface area contributed by atoms with Gasteiger partial charge in [0.25, 0.3) is 5.91 Å². The van der Waals surface area contributed by atoms with Gasteiger partial charge in [-0.05, 0) is 67.8 Å². The molecule has 0 fully saturated rings. The molecule has 2 rings (SSSR count). The molecule has 0 atom stereocenters. The van der Waals surface area contributed by atoms with Gasteiger partial charge in [-0.15, -0.1) is 0 Å². The number of halogens is 1. The number of carbonyl (C=O) groups excluding carboxylic acids is 3. The van der Waals surface area contributed by atoms with Crippen molar-refractivity contribution >= 4 is 39.3 Å². The Morgan fingerprint density at radius 2 is 1.52 bits per heavy atom. The lowest BCUT2D eigenvalue weighted by Gasteiger charge is -2.10. The first-order valence-electron chi connectivity index (χ1n) is 9.08. The van der Waals surface area contributed by atoms with Crippen molar-refractivity contribution in [1.82, 2.24) is 10.9 Å². The minimum absolute atomic E-state index is 0.00327. The fourth-order valence-corrected chi connectivity index (χ4v) is 2.61. The van der Waals surface area contributed by atoms with E-state index >= 15 is 0 Å². The van der Waals surface area contributed by atoms with Crippen molar-refractivity contribution in [3.8, 4) is 5.75 Å². The van der Waals surface area contributed by atoms with Gasteiger partial charge in [0.2, 0.25) is 11.8 Å². The molecule has 0 bridgehead atoms. The highest BCUT2D eigenvalue weighted by molar-refractivity contribution is 9.10. The lowest BCUT2D eigenvalue weighted by molar-refractivity contribution is -0.130. The van der Waals surface area contributed by atoms with E-state index in [9.17, 15) is 14.4 Å². The zero-order valence-corrected chi connectivity index (χ0v) is 18.2. The number of hydrazine groups is 1. The van der Waals surface area contributed by atoms with Crippen LogP contribution in [0.5, 0.6) is 5.75 Å². The third kappa shape index (κ3) is 7.57. The number of ether oxygens (including phenoxy) is 1. The molecule has 0 aliphatic heterocycles. The highest BCUT2D eigenvalue weighted by Gasteiger charge is 2.10. The molecule has 2 aromatic rings. The second-order valence-electron chi connectivity index (χ2n) is 6.64. The minimum atomic E-state index is -0.501. The van der Waals surface area contributed by atoms with Crippen molar-refractivity contribution in [3.63, 3.8) is 0 Å². The van der Waals surface area contributed by atoms with Crippen LogP contribution in [0.25, 0.3) is 0 Å². The molecule has 0 heterocycles.